The first-order chi connectivity index (χ1) is 41.1. The van der Waals surface area contributed by atoms with E-state index >= 15 is 0 Å². The highest BCUT2D eigenvalue weighted by molar-refractivity contribution is 7.47. The minimum Gasteiger partial charge on any atom is -0.462 e. The Labute approximate surface area is 524 Å². The molecule has 0 radical (unpaired) electrons. The summed E-state index contributed by atoms with van der Waals surface area (Å²) in [5.74, 6) is 0.799. The molecule has 0 fully saturated rings. The van der Waals surface area contributed by atoms with Crippen molar-refractivity contribution < 1.29 is 80.2 Å². The molecular formula is C67H130O17P2. The van der Waals surface area contributed by atoms with Gasteiger partial charge >= 0.3 is 39.5 Å². The first-order valence-electron chi connectivity index (χ1n) is 34.7. The van der Waals surface area contributed by atoms with Gasteiger partial charge in [0.05, 0.1) is 26.4 Å². The molecule has 0 amide bonds. The van der Waals surface area contributed by atoms with Gasteiger partial charge in [0.25, 0.3) is 0 Å². The molecule has 0 aliphatic rings. The highest BCUT2D eigenvalue weighted by Crippen LogP contribution is 2.45. The lowest BCUT2D eigenvalue weighted by Gasteiger charge is -2.21. The smallest absolute Gasteiger partial charge is 0.462 e. The van der Waals surface area contributed by atoms with E-state index in [1.54, 1.807) is 0 Å². The summed E-state index contributed by atoms with van der Waals surface area (Å²) in [6, 6.07) is 0. The molecule has 3 N–H and O–H groups in total. The minimum atomic E-state index is -4.95. The summed E-state index contributed by atoms with van der Waals surface area (Å²) in [5, 5.41) is 10.6. The molecule has 6 atom stereocenters. The van der Waals surface area contributed by atoms with E-state index in [2.05, 4.69) is 55.4 Å². The van der Waals surface area contributed by atoms with Crippen LogP contribution in [0.15, 0.2) is 0 Å². The molecular weight excluding hydrogens is 1140 g/mol. The number of unbranched alkanes of at least 4 members (excludes halogenated alkanes) is 29. The zero-order valence-corrected chi connectivity index (χ0v) is 57.7. The number of phosphoric ester groups is 2. The van der Waals surface area contributed by atoms with Gasteiger partial charge in [-0.15, -0.1) is 0 Å². The lowest BCUT2D eigenvalue weighted by atomic mass is 9.99. The molecule has 0 aliphatic heterocycles. The molecule has 3 unspecified atom stereocenters. The minimum absolute atomic E-state index is 0.103. The van der Waals surface area contributed by atoms with Crippen LogP contribution in [0.5, 0.6) is 0 Å². The fourth-order valence-corrected chi connectivity index (χ4v) is 11.5. The van der Waals surface area contributed by atoms with Crippen molar-refractivity contribution in [3.05, 3.63) is 0 Å². The topological polar surface area (TPSA) is 237 Å². The van der Waals surface area contributed by atoms with Crippen molar-refractivity contribution in [3.8, 4) is 0 Å². The van der Waals surface area contributed by atoms with E-state index in [0.29, 0.717) is 37.5 Å². The van der Waals surface area contributed by atoms with Gasteiger partial charge in [-0.05, 0) is 49.4 Å². The number of aliphatic hydroxyl groups is 1. The molecule has 86 heavy (non-hydrogen) atoms. The van der Waals surface area contributed by atoms with Gasteiger partial charge < -0.3 is 33.8 Å². The van der Waals surface area contributed by atoms with E-state index in [-0.39, 0.29) is 25.7 Å². The second-order valence-electron chi connectivity index (χ2n) is 25.9. The van der Waals surface area contributed by atoms with Crippen LogP contribution in [0.3, 0.4) is 0 Å². The predicted octanol–water partition coefficient (Wildman–Crippen LogP) is 18.5. The molecule has 19 heteroatoms. The number of rotatable bonds is 64. The highest BCUT2D eigenvalue weighted by Gasteiger charge is 2.30. The van der Waals surface area contributed by atoms with Crippen LogP contribution in [0.25, 0.3) is 0 Å². The molecule has 0 rings (SSSR count). The van der Waals surface area contributed by atoms with Crippen molar-refractivity contribution in [1.82, 2.24) is 0 Å². The summed E-state index contributed by atoms with van der Waals surface area (Å²) < 4.78 is 68.1. The van der Waals surface area contributed by atoms with Gasteiger partial charge in [-0.25, -0.2) is 9.13 Å². The van der Waals surface area contributed by atoms with Crippen molar-refractivity contribution in [3.63, 3.8) is 0 Å². The maximum Gasteiger partial charge on any atom is 0.472 e. The second-order valence-corrected chi connectivity index (χ2v) is 28.8. The van der Waals surface area contributed by atoms with Crippen LogP contribution in [0, 0.1) is 23.7 Å². The Bertz CT molecular complexity index is 1720. The number of carbonyl (C=O) groups excluding carboxylic acids is 4. The third-order valence-electron chi connectivity index (χ3n) is 15.7. The summed E-state index contributed by atoms with van der Waals surface area (Å²) in [7, 11) is -9.90. The largest absolute Gasteiger partial charge is 0.472 e. The molecule has 0 aromatic carbocycles. The number of hydrogen-bond acceptors (Lipinski definition) is 15. The maximum atomic E-state index is 13.0. The summed E-state index contributed by atoms with van der Waals surface area (Å²) in [6.07, 6.45) is 37.7. The summed E-state index contributed by atoms with van der Waals surface area (Å²) >= 11 is 0. The standard InChI is InChI=1S/C67H130O17P2/c1-9-60(8)46-38-30-21-15-11-13-17-23-33-41-49-66(71)83-63(54-78-65(70)48-40-32-26-25-29-37-45-59(6)7)56-82-86(75,76)80-52-61(68)51-79-85(73,74)81-55-62(84-67(72)50-42-34-24-18-20-28-36-44-58(4)5)53-77-64(69)47-39-31-22-16-12-10-14-19-27-35-43-57(2)3/h57-63,68H,9-56H2,1-8H3,(H,73,74)(H,75,76)/t60?,61-,62-,63-/m1/s1. The van der Waals surface area contributed by atoms with Crippen molar-refractivity contribution >= 4 is 39.5 Å². The van der Waals surface area contributed by atoms with Crippen molar-refractivity contribution in [1.29, 1.82) is 0 Å². The number of carbonyl (C=O) groups is 4. The van der Waals surface area contributed by atoms with E-state index in [9.17, 15) is 43.2 Å². The average Bonchev–Trinajstić information content (AvgIpc) is 3.61. The van der Waals surface area contributed by atoms with Crippen LogP contribution < -0.4 is 0 Å². The van der Waals surface area contributed by atoms with E-state index in [0.717, 1.165) is 108 Å². The van der Waals surface area contributed by atoms with Gasteiger partial charge in [0.2, 0.25) is 0 Å². The fraction of sp³-hybridized carbons (Fsp3) is 0.940. The van der Waals surface area contributed by atoms with Gasteiger partial charge in [0.1, 0.15) is 19.3 Å². The zero-order valence-electron chi connectivity index (χ0n) is 55.9. The third kappa shape index (κ3) is 59.7. The molecule has 0 aromatic rings. The summed E-state index contributed by atoms with van der Waals surface area (Å²) in [4.78, 5) is 72.3. The quantitative estimate of drug-likeness (QED) is 0.0222. The predicted molar refractivity (Wildman–Crippen MR) is 344 cm³/mol. The molecule has 0 aliphatic carbocycles. The first kappa shape index (κ1) is 84.1. The Morgan fingerprint density at radius 2 is 0.558 bits per heavy atom. The molecule has 17 nitrogen and oxygen atoms in total. The Hall–Kier alpha value is -1.94. The lowest BCUT2D eigenvalue weighted by molar-refractivity contribution is -0.161. The molecule has 0 bridgehead atoms. The molecule has 0 saturated carbocycles. The number of esters is 4. The van der Waals surface area contributed by atoms with Gasteiger partial charge in [0.15, 0.2) is 12.2 Å². The van der Waals surface area contributed by atoms with Crippen molar-refractivity contribution in [2.75, 3.05) is 39.6 Å². The fourth-order valence-electron chi connectivity index (χ4n) is 9.93. The van der Waals surface area contributed by atoms with Crippen LogP contribution in [0.1, 0.15) is 325 Å². The lowest BCUT2D eigenvalue weighted by Crippen LogP contribution is -2.30. The number of phosphoric acid groups is 2. The SMILES string of the molecule is CCC(C)CCCCCCCCCCCCC(=O)O[C@H](COC(=O)CCCCCCCCC(C)C)COP(=O)(O)OC[C@H](O)COP(=O)(O)OC[C@@H](COC(=O)CCCCCCCCCCCCC(C)C)OC(=O)CCCCCCCCCC(C)C. The molecule has 0 spiro atoms. The molecule has 510 valence electrons. The van der Waals surface area contributed by atoms with Crippen LogP contribution in [0.2, 0.25) is 0 Å². The normalized spacial score (nSPS) is 14.7. The van der Waals surface area contributed by atoms with Crippen LogP contribution in [0.4, 0.5) is 0 Å². The number of aliphatic hydroxyl groups excluding tert-OH is 1. The summed E-state index contributed by atoms with van der Waals surface area (Å²) in [6.45, 7) is 14.0. The molecule has 0 heterocycles. The van der Waals surface area contributed by atoms with Gasteiger partial charge in [-0.3, -0.25) is 37.3 Å². The van der Waals surface area contributed by atoms with Gasteiger partial charge in [-0.2, -0.15) is 0 Å². The van der Waals surface area contributed by atoms with E-state index in [4.69, 9.17) is 37.0 Å². The van der Waals surface area contributed by atoms with E-state index < -0.39 is 97.5 Å². The second kappa shape index (κ2) is 57.0. The van der Waals surface area contributed by atoms with Crippen molar-refractivity contribution in [2.24, 2.45) is 23.7 Å². The average molecular weight is 1270 g/mol. The highest BCUT2D eigenvalue weighted by atomic mass is 31.2. The van der Waals surface area contributed by atoms with Crippen molar-refractivity contribution in [2.45, 2.75) is 343 Å². The Balaban J connectivity index is 5.24. The van der Waals surface area contributed by atoms with Gasteiger partial charge in [-0.1, -0.05) is 274 Å². The number of ether oxygens (including phenoxy) is 4. The Morgan fingerprint density at radius 3 is 0.826 bits per heavy atom. The van der Waals surface area contributed by atoms with Crippen LogP contribution in [-0.2, 0) is 65.4 Å². The summed E-state index contributed by atoms with van der Waals surface area (Å²) in [5.41, 5.74) is 0. The third-order valence-corrected chi connectivity index (χ3v) is 17.6. The van der Waals surface area contributed by atoms with Crippen LogP contribution >= 0.6 is 15.6 Å². The van der Waals surface area contributed by atoms with E-state index in [1.807, 2.05) is 0 Å². The van der Waals surface area contributed by atoms with Crippen LogP contribution in [-0.4, -0.2) is 96.7 Å². The Kier molecular flexibility index (Phi) is 55.7. The Morgan fingerprint density at radius 1 is 0.326 bits per heavy atom. The zero-order chi connectivity index (χ0) is 63.9. The first-order valence-corrected chi connectivity index (χ1v) is 37.7. The number of hydrogen-bond donors (Lipinski definition) is 3. The van der Waals surface area contributed by atoms with E-state index in [1.165, 1.54) is 122 Å². The molecule has 0 saturated heterocycles. The molecule has 0 aromatic heterocycles. The van der Waals surface area contributed by atoms with Gasteiger partial charge in [0, 0.05) is 25.7 Å². The monoisotopic (exact) mass is 1270 g/mol. The maximum absolute atomic E-state index is 13.0.